The van der Waals surface area contributed by atoms with Crippen molar-refractivity contribution in [3.05, 3.63) is 66.2 Å². The normalized spacial score (nSPS) is 15.1. The third kappa shape index (κ3) is 7.42. The topological polar surface area (TPSA) is 58.6 Å². The lowest BCUT2D eigenvalue weighted by Gasteiger charge is -2.31. The molecule has 3 rings (SSSR count). The minimum atomic E-state index is -0.510. The molecule has 2 aromatic rings. The van der Waals surface area contributed by atoms with E-state index >= 15 is 0 Å². The first-order valence-corrected chi connectivity index (χ1v) is 11.4. The van der Waals surface area contributed by atoms with Crippen LogP contribution in [-0.2, 0) is 16.1 Å². The van der Waals surface area contributed by atoms with Crippen LogP contribution in [0.1, 0.15) is 57.4 Å². The van der Waals surface area contributed by atoms with Gasteiger partial charge in [-0.2, -0.15) is 0 Å². The highest BCUT2D eigenvalue weighted by Crippen LogP contribution is 2.18. The Kier molecular flexibility index (Phi) is 8.95. The van der Waals surface area contributed by atoms with E-state index < -0.39 is 6.04 Å². The average Bonchev–Trinajstić information content (AvgIpc) is 2.81. The number of ether oxygens (including phenoxy) is 1. The van der Waals surface area contributed by atoms with Crippen molar-refractivity contribution in [3.63, 3.8) is 0 Å². The highest BCUT2D eigenvalue weighted by molar-refractivity contribution is 5.87. The zero-order valence-electron chi connectivity index (χ0n) is 18.5. The first kappa shape index (κ1) is 22.9. The molecule has 0 spiro atoms. The predicted octanol–water partition coefficient (Wildman–Crippen LogP) is 4.71. The van der Waals surface area contributed by atoms with E-state index in [0.29, 0.717) is 26.0 Å². The molecular weight excluding hydrogens is 388 g/mol. The van der Waals surface area contributed by atoms with Crippen molar-refractivity contribution in [1.29, 1.82) is 0 Å². The van der Waals surface area contributed by atoms with Gasteiger partial charge in [0.25, 0.3) is 0 Å². The van der Waals surface area contributed by atoms with Gasteiger partial charge in [-0.15, -0.1) is 0 Å². The van der Waals surface area contributed by atoms with E-state index in [1.54, 1.807) is 4.90 Å². The van der Waals surface area contributed by atoms with Crippen LogP contribution in [0.2, 0.25) is 0 Å². The largest absolute Gasteiger partial charge is 0.494 e. The highest BCUT2D eigenvalue weighted by atomic mass is 16.5. The average molecular weight is 423 g/mol. The number of hydrogen-bond acceptors (Lipinski definition) is 3. The van der Waals surface area contributed by atoms with Crippen molar-refractivity contribution >= 4 is 11.8 Å². The SMILES string of the molecule is CC(C(=O)NC1CCCCC1)N(Cc1ccccc1)C(=O)CCCOc1ccccc1. The number of para-hydroxylation sites is 1. The van der Waals surface area contributed by atoms with Crippen molar-refractivity contribution in [2.75, 3.05) is 6.61 Å². The Balaban J connectivity index is 1.57. The van der Waals surface area contributed by atoms with Gasteiger partial charge in [-0.25, -0.2) is 0 Å². The van der Waals surface area contributed by atoms with Gasteiger partial charge in [0.2, 0.25) is 11.8 Å². The molecule has 1 saturated carbocycles. The maximum atomic E-state index is 13.1. The summed E-state index contributed by atoms with van der Waals surface area (Å²) in [5.74, 6) is 0.722. The Hall–Kier alpha value is -2.82. The Morgan fingerprint density at radius 1 is 1.00 bits per heavy atom. The number of hydrogen-bond donors (Lipinski definition) is 1. The molecule has 166 valence electrons. The van der Waals surface area contributed by atoms with Crippen molar-refractivity contribution in [3.8, 4) is 5.75 Å². The number of amides is 2. The minimum absolute atomic E-state index is 0.0215. The van der Waals surface area contributed by atoms with Crippen LogP contribution in [0.15, 0.2) is 60.7 Å². The van der Waals surface area contributed by atoms with E-state index in [1.165, 1.54) is 6.42 Å². The third-order valence-electron chi connectivity index (χ3n) is 5.86. The smallest absolute Gasteiger partial charge is 0.242 e. The van der Waals surface area contributed by atoms with Gasteiger partial charge in [0.05, 0.1) is 6.61 Å². The molecule has 0 aromatic heterocycles. The highest BCUT2D eigenvalue weighted by Gasteiger charge is 2.27. The minimum Gasteiger partial charge on any atom is -0.494 e. The lowest BCUT2D eigenvalue weighted by molar-refractivity contribution is -0.141. The summed E-state index contributed by atoms with van der Waals surface area (Å²) in [6.07, 6.45) is 6.58. The Labute approximate surface area is 185 Å². The second-order valence-electron chi connectivity index (χ2n) is 8.29. The Morgan fingerprint density at radius 3 is 2.32 bits per heavy atom. The molecule has 0 saturated heterocycles. The summed E-state index contributed by atoms with van der Waals surface area (Å²) in [5, 5.41) is 3.17. The molecule has 1 aliphatic rings. The molecule has 0 radical (unpaired) electrons. The maximum absolute atomic E-state index is 13.1. The molecule has 1 N–H and O–H groups in total. The Bertz CT molecular complexity index is 804. The number of nitrogens with one attached hydrogen (secondary N) is 1. The van der Waals surface area contributed by atoms with E-state index in [0.717, 1.165) is 37.0 Å². The van der Waals surface area contributed by atoms with E-state index in [4.69, 9.17) is 4.74 Å². The Morgan fingerprint density at radius 2 is 1.65 bits per heavy atom. The summed E-state index contributed by atoms with van der Waals surface area (Å²) in [4.78, 5) is 27.7. The van der Waals surface area contributed by atoms with Crippen LogP contribution in [0.3, 0.4) is 0 Å². The molecule has 0 bridgehead atoms. The molecule has 5 heteroatoms. The van der Waals surface area contributed by atoms with Crippen LogP contribution in [0.25, 0.3) is 0 Å². The maximum Gasteiger partial charge on any atom is 0.242 e. The van der Waals surface area contributed by atoms with Gasteiger partial charge in [0.15, 0.2) is 0 Å². The fraction of sp³-hybridized carbons (Fsp3) is 0.462. The second kappa shape index (κ2) is 12.1. The van der Waals surface area contributed by atoms with E-state index in [1.807, 2.05) is 67.6 Å². The molecule has 0 heterocycles. The molecule has 0 aliphatic heterocycles. The number of carbonyl (C=O) groups excluding carboxylic acids is 2. The molecule has 31 heavy (non-hydrogen) atoms. The van der Waals surface area contributed by atoms with Crippen LogP contribution >= 0.6 is 0 Å². The fourth-order valence-corrected chi connectivity index (χ4v) is 4.01. The molecule has 1 aliphatic carbocycles. The molecule has 1 fully saturated rings. The fourth-order valence-electron chi connectivity index (χ4n) is 4.01. The van der Waals surface area contributed by atoms with Gasteiger partial charge in [0, 0.05) is 19.0 Å². The van der Waals surface area contributed by atoms with Crippen molar-refractivity contribution < 1.29 is 14.3 Å². The van der Waals surface area contributed by atoms with E-state index in [2.05, 4.69) is 5.32 Å². The van der Waals surface area contributed by atoms with Crippen molar-refractivity contribution in [2.45, 2.75) is 70.5 Å². The first-order chi connectivity index (χ1) is 15.1. The zero-order chi connectivity index (χ0) is 21.9. The van der Waals surface area contributed by atoms with Crippen LogP contribution in [0, 0.1) is 0 Å². The molecule has 1 atom stereocenters. The van der Waals surface area contributed by atoms with Gasteiger partial charge in [-0.3, -0.25) is 9.59 Å². The molecule has 2 aromatic carbocycles. The van der Waals surface area contributed by atoms with E-state index in [-0.39, 0.29) is 17.9 Å². The molecular formula is C26H34N2O3. The van der Waals surface area contributed by atoms with Gasteiger partial charge in [-0.1, -0.05) is 67.8 Å². The quantitative estimate of drug-likeness (QED) is 0.564. The third-order valence-corrected chi connectivity index (χ3v) is 5.86. The molecule has 1 unspecified atom stereocenters. The summed E-state index contributed by atoms with van der Waals surface area (Å²) >= 11 is 0. The van der Waals surface area contributed by atoms with Gasteiger partial charge in [0.1, 0.15) is 11.8 Å². The second-order valence-corrected chi connectivity index (χ2v) is 8.29. The van der Waals surface area contributed by atoms with Crippen LogP contribution in [0.5, 0.6) is 5.75 Å². The zero-order valence-corrected chi connectivity index (χ0v) is 18.5. The van der Waals surface area contributed by atoms with Gasteiger partial charge >= 0.3 is 0 Å². The van der Waals surface area contributed by atoms with Crippen molar-refractivity contribution in [2.24, 2.45) is 0 Å². The standard InChI is InChI=1S/C26H34N2O3/c1-21(26(30)27-23-14-7-3-8-15-23)28(20-22-12-5-2-6-13-22)25(29)18-11-19-31-24-16-9-4-10-17-24/h2,4-6,9-10,12-13,16-17,21,23H,3,7-8,11,14-15,18-20H2,1H3,(H,27,30). The number of rotatable bonds is 10. The predicted molar refractivity (Wildman–Crippen MR) is 123 cm³/mol. The molecule has 2 amide bonds. The van der Waals surface area contributed by atoms with Gasteiger partial charge in [-0.05, 0) is 43.9 Å². The lowest BCUT2D eigenvalue weighted by Crippen LogP contribution is -2.50. The summed E-state index contributed by atoms with van der Waals surface area (Å²) in [6, 6.07) is 19.2. The van der Waals surface area contributed by atoms with Gasteiger partial charge < -0.3 is 15.0 Å². The van der Waals surface area contributed by atoms with E-state index in [9.17, 15) is 9.59 Å². The number of carbonyl (C=O) groups is 2. The summed E-state index contributed by atoms with van der Waals surface area (Å²) < 4.78 is 5.71. The monoisotopic (exact) mass is 422 g/mol. The van der Waals surface area contributed by atoms with Crippen LogP contribution in [-0.4, -0.2) is 35.4 Å². The number of nitrogens with zero attached hydrogens (tertiary/aromatic N) is 1. The summed E-state index contributed by atoms with van der Waals surface area (Å²) in [6.45, 7) is 2.73. The van der Waals surface area contributed by atoms with Crippen molar-refractivity contribution in [1.82, 2.24) is 10.2 Å². The first-order valence-electron chi connectivity index (χ1n) is 11.4. The summed E-state index contributed by atoms with van der Waals surface area (Å²) in [7, 11) is 0. The number of benzene rings is 2. The van der Waals surface area contributed by atoms with Crippen LogP contribution < -0.4 is 10.1 Å². The molecule has 5 nitrogen and oxygen atoms in total. The lowest BCUT2D eigenvalue weighted by atomic mass is 9.95. The van der Waals surface area contributed by atoms with Crippen LogP contribution in [0.4, 0.5) is 0 Å². The summed E-state index contributed by atoms with van der Waals surface area (Å²) in [5.41, 5.74) is 1.02.